The van der Waals surface area contributed by atoms with Crippen molar-refractivity contribution in [2.75, 3.05) is 13.1 Å². The van der Waals surface area contributed by atoms with Gasteiger partial charge in [0.25, 0.3) is 5.91 Å². The normalized spacial score (nSPS) is 20.3. The van der Waals surface area contributed by atoms with Crippen LogP contribution in [0.2, 0.25) is 0 Å². The topological polar surface area (TPSA) is 70.4 Å². The number of nitrogens with zero attached hydrogens (tertiary/aromatic N) is 3. The van der Waals surface area contributed by atoms with Gasteiger partial charge in [0.05, 0.1) is 5.69 Å². The highest BCUT2D eigenvalue weighted by Crippen LogP contribution is 2.24. The summed E-state index contributed by atoms with van der Waals surface area (Å²) in [4.78, 5) is 14.3. The first-order valence-electron chi connectivity index (χ1n) is 8.94. The van der Waals surface area contributed by atoms with E-state index in [1.807, 2.05) is 20.2 Å². The molecule has 1 atom stereocenters. The Morgan fingerprint density at radius 1 is 1.33 bits per heavy atom. The number of carbonyl (C=O) groups is 1. The van der Waals surface area contributed by atoms with Crippen LogP contribution in [0.1, 0.15) is 29.7 Å². The summed E-state index contributed by atoms with van der Waals surface area (Å²) in [5.41, 5.74) is 0.882. The fourth-order valence-corrected chi connectivity index (χ4v) is 3.46. The summed E-state index contributed by atoms with van der Waals surface area (Å²) < 4.78 is 28.2. The molecule has 1 aliphatic heterocycles. The van der Waals surface area contributed by atoms with Gasteiger partial charge in [0.1, 0.15) is 0 Å². The van der Waals surface area contributed by atoms with Crippen molar-refractivity contribution in [3.63, 3.8) is 0 Å². The van der Waals surface area contributed by atoms with Crippen LogP contribution >= 0.6 is 0 Å². The molecule has 0 saturated carbocycles. The van der Waals surface area contributed by atoms with Crippen LogP contribution in [0.5, 0.6) is 0 Å². The summed E-state index contributed by atoms with van der Waals surface area (Å²) in [6.07, 6.45) is 2.89. The number of benzene rings is 1. The molecular weight excluding hydrogens is 354 g/mol. The molecule has 27 heavy (non-hydrogen) atoms. The molecule has 0 bridgehead atoms. The summed E-state index contributed by atoms with van der Waals surface area (Å²) in [6.45, 7) is 3.13. The molecule has 1 saturated heterocycles. The summed E-state index contributed by atoms with van der Waals surface area (Å²) in [5, 5.41) is 18.2. The van der Waals surface area contributed by atoms with Gasteiger partial charge in [-0.25, -0.2) is 8.78 Å². The Balaban J connectivity index is 1.62. The van der Waals surface area contributed by atoms with Gasteiger partial charge in [-0.3, -0.25) is 9.48 Å². The van der Waals surface area contributed by atoms with E-state index < -0.39 is 23.1 Å². The molecule has 1 aliphatic rings. The minimum absolute atomic E-state index is 0.119. The maximum absolute atomic E-state index is 13.4. The van der Waals surface area contributed by atoms with Gasteiger partial charge in [0.2, 0.25) is 0 Å². The van der Waals surface area contributed by atoms with Crippen LogP contribution in [0.15, 0.2) is 24.4 Å². The lowest BCUT2D eigenvalue weighted by Gasteiger charge is -2.38. The number of amides is 1. The Kier molecular flexibility index (Phi) is 5.57. The van der Waals surface area contributed by atoms with Crippen molar-refractivity contribution in [2.45, 2.75) is 38.5 Å². The Bertz CT molecular complexity index is 839. The molecule has 1 amide bonds. The van der Waals surface area contributed by atoms with E-state index in [9.17, 15) is 18.7 Å². The van der Waals surface area contributed by atoms with Crippen molar-refractivity contribution >= 4 is 5.91 Å². The number of aryl methyl sites for hydroxylation is 2. The number of aliphatic hydroxyl groups is 1. The Labute approximate surface area is 156 Å². The summed E-state index contributed by atoms with van der Waals surface area (Å²) >= 11 is 0. The number of carbonyl (C=O) groups excluding carboxylic acids is 1. The van der Waals surface area contributed by atoms with E-state index in [1.165, 1.54) is 11.0 Å². The van der Waals surface area contributed by atoms with Gasteiger partial charge in [0.15, 0.2) is 17.2 Å². The predicted molar refractivity (Wildman–Crippen MR) is 95.6 cm³/mol. The maximum Gasteiger partial charge on any atom is 0.256 e. The van der Waals surface area contributed by atoms with Gasteiger partial charge in [-0.05, 0) is 37.5 Å². The molecule has 0 unspecified atom stereocenters. The van der Waals surface area contributed by atoms with E-state index in [-0.39, 0.29) is 13.1 Å². The number of piperidine rings is 1. The van der Waals surface area contributed by atoms with Crippen LogP contribution in [-0.4, -0.2) is 44.4 Å². The van der Waals surface area contributed by atoms with Gasteiger partial charge >= 0.3 is 0 Å². The molecular formula is C19H24F2N4O2. The van der Waals surface area contributed by atoms with E-state index in [1.54, 1.807) is 4.68 Å². The van der Waals surface area contributed by atoms with Crippen LogP contribution < -0.4 is 5.32 Å². The second kappa shape index (κ2) is 7.74. The molecule has 1 fully saturated rings. The zero-order chi connectivity index (χ0) is 19.6. The fourth-order valence-electron chi connectivity index (χ4n) is 3.46. The number of hydrogen-bond donors (Lipinski definition) is 2. The first-order valence-corrected chi connectivity index (χ1v) is 8.94. The highest BCUT2D eigenvalue weighted by molar-refractivity contribution is 5.86. The third kappa shape index (κ3) is 4.33. The predicted octanol–water partition coefficient (Wildman–Crippen LogP) is 1.65. The van der Waals surface area contributed by atoms with E-state index in [2.05, 4.69) is 10.4 Å². The lowest BCUT2D eigenvalue weighted by Crippen LogP contribution is -2.57. The smallest absolute Gasteiger partial charge is 0.256 e. The molecule has 146 valence electrons. The lowest BCUT2D eigenvalue weighted by molar-refractivity contribution is -0.157. The van der Waals surface area contributed by atoms with Crippen molar-refractivity contribution in [2.24, 2.45) is 7.05 Å². The quantitative estimate of drug-likeness (QED) is 0.802. The number of hydrogen-bond acceptors (Lipinski definition) is 4. The van der Waals surface area contributed by atoms with E-state index in [0.717, 1.165) is 23.4 Å². The van der Waals surface area contributed by atoms with Crippen molar-refractivity contribution in [3.8, 4) is 0 Å². The number of halogens is 2. The molecule has 0 spiro atoms. The molecule has 1 aromatic carbocycles. The highest BCUT2D eigenvalue weighted by atomic mass is 19.2. The van der Waals surface area contributed by atoms with Crippen molar-refractivity contribution in [1.82, 2.24) is 20.0 Å². The zero-order valence-corrected chi connectivity index (χ0v) is 15.5. The highest BCUT2D eigenvalue weighted by Gasteiger charge is 2.41. The van der Waals surface area contributed by atoms with E-state index in [0.29, 0.717) is 31.5 Å². The van der Waals surface area contributed by atoms with Crippen LogP contribution in [0, 0.1) is 18.6 Å². The van der Waals surface area contributed by atoms with Crippen LogP contribution in [-0.2, 0) is 24.9 Å². The number of rotatable bonds is 6. The number of aromatic nitrogens is 2. The van der Waals surface area contributed by atoms with Crippen LogP contribution in [0.3, 0.4) is 0 Å². The van der Waals surface area contributed by atoms with Crippen molar-refractivity contribution < 1.29 is 18.7 Å². The summed E-state index contributed by atoms with van der Waals surface area (Å²) in [5.74, 6) is -2.26. The molecule has 2 N–H and O–H groups in total. The van der Waals surface area contributed by atoms with Crippen molar-refractivity contribution in [3.05, 3.63) is 52.9 Å². The molecule has 8 heteroatoms. The molecule has 1 aromatic heterocycles. The third-order valence-electron chi connectivity index (χ3n) is 4.91. The van der Waals surface area contributed by atoms with Gasteiger partial charge in [-0.2, -0.15) is 5.10 Å². The molecule has 2 heterocycles. The van der Waals surface area contributed by atoms with Crippen molar-refractivity contribution in [1.29, 1.82) is 0 Å². The average molecular weight is 378 g/mol. The average Bonchev–Trinajstić information content (AvgIpc) is 2.93. The van der Waals surface area contributed by atoms with Crippen LogP contribution in [0.25, 0.3) is 0 Å². The second-order valence-corrected chi connectivity index (χ2v) is 7.13. The lowest BCUT2D eigenvalue weighted by atomic mass is 9.91. The largest absolute Gasteiger partial charge is 0.379 e. The van der Waals surface area contributed by atoms with Gasteiger partial charge in [0, 0.05) is 45.0 Å². The fraction of sp³-hybridized carbons (Fsp3) is 0.474. The molecule has 0 aliphatic carbocycles. The Morgan fingerprint density at radius 3 is 2.78 bits per heavy atom. The van der Waals surface area contributed by atoms with E-state index in [4.69, 9.17) is 0 Å². The van der Waals surface area contributed by atoms with Crippen LogP contribution in [0.4, 0.5) is 8.78 Å². The second-order valence-electron chi connectivity index (χ2n) is 7.13. The first-order chi connectivity index (χ1) is 12.8. The van der Waals surface area contributed by atoms with Gasteiger partial charge in [-0.15, -0.1) is 0 Å². The number of likely N-dealkylation sites (tertiary alicyclic amines) is 1. The summed E-state index contributed by atoms with van der Waals surface area (Å²) in [6, 6.07) is 3.57. The molecule has 0 radical (unpaired) electrons. The standard InChI is InChI=1S/C19H24F2N4O2/c1-13-15(11-24(2)23-13)9-22-12-19(27)6-3-7-25(18(19)26)10-14-4-5-16(20)17(21)8-14/h4-5,8,11,22,27H,3,6-7,9-10,12H2,1-2H3/t19-/m0/s1. The SMILES string of the molecule is Cc1nn(C)cc1CNC[C@@]1(O)CCCN(Cc2ccc(F)c(F)c2)C1=O. The molecule has 6 nitrogen and oxygen atoms in total. The number of nitrogens with one attached hydrogen (secondary N) is 1. The molecule has 3 rings (SSSR count). The van der Waals surface area contributed by atoms with Gasteiger partial charge < -0.3 is 15.3 Å². The molecule has 2 aromatic rings. The maximum atomic E-state index is 13.4. The minimum atomic E-state index is -1.51. The van der Waals surface area contributed by atoms with E-state index >= 15 is 0 Å². The summed E-state index contributed by atoms with van der Waals surface area (Å²) in [7, 11) is 1.84. The zero-order valence-electron chi connectivity index (χ0n) is 15.5. The Morgan fingerprint density at radius 2 is 2.11 bits per heavy atom. The monoisotopic (exact) mass is 378 g/mol. The third-order valence-corrected chi connectivity index (χ3v) is 4.91. The first kappa shape index (κ1) is 19.4. The minimum Gasteiger partial charge on any atom is -0.379 e. The Hall–Kier alpha value is -2.32. The van der Waals surface area contributed by atoms with Gasteiger partial charge in [-0.1, -0.05) is 6.07 Å².